The first-order valence-corrected chi connectivity index (χ1v) is 13.1. The summed E-state index contributed by atoms with van der Waals surface area (Å²) in [6.45, 7) is 0. The maximum absolute atomic E-state index is 13.1. The third-order valence-electron chi connectivity index (χ3n) is 5.91. The second kappa shape index (κ2) is 12.9. The Morgan fingerprint density at radius 2 is 1.55 bits per heavy atom. The Bertz CT molecular complexity index is 1510. The first kappa shape index (κ1) is 28.4. The van der Waals surface area contributed by atoms with Crippen LogP contribution < -0.4 is 14.8 Å². The molecule has 0 radical (unpaired) electrons. The van der Waals surface area contributed by atoms with Crippen LogP contribution in [0.15, 0.2) is 102 Å². The summed E-state index contributed by atoms with van der Waals surface area (Å²) in [5.74, 6) is -0.447. The molecule has 2 amide bonds. The Morgan fingerprint density at radius 1 is 0.875 bits per heavy atom. The number of benzene rings is 4. The van der Waals surface area contributed by atoms with Gasteiger partial charge >= 0.3 is 12.1 Å². The van der Waals surface area contributed by atoms with E-state index in [-0.39, 0.29) is 17.7 Å². The molecule has 0 fully saturated rings. The van der Waals surface area contributed by atoms with Crippen molar-refractivity contribution in [3.63, 3.8) is 0 Å². The van der Waals surface area contributed by atoms with Crippen LogP contribution in [0.25, 0.3) is 11.1 Å². The quantitative estimate of drug-likeness (QED) is 0.230. The van der Waals surface area contributed by atoms with Gasteiger partial charge in [-0.3, -0.25) is 4.79 Å². The van der Waals surface area contributed by atoms with Gasteiger partial charge in [0.2, 0.25) is 0 Å². The van der Waals surface area contributed by atoms with Crippen LogP contribution in [0.2, 0.25) is 0 Å². The van der Waals surface area contributed by atoms with Crippen molar-refractivity contribution in [2.45, 2.75) is 12.5 Å². The summed E-state index contributed by atoms with van der Waals surface area (Å²) in [6, 6.07) is 27.9. The summed E-state index contributed by atoms with van der Waals surface area (Å²) in [5.41, 5.74) is 2.52. The second-order valence-electron chi connectivity index (χ2n) is 9.08. The number of rotatable bonds is 9. The fourth-order valence-corrected chi connectivity index (χ4v) is 4.22. The number of nitrogens with zero attached hydrogens (tertiary/aromatic N) is 1. The van der Waals surface area contributed by atoms with Gasteiger partial charge in [-0.2, -0.15) is 0 Å². The number of para-hydroxylation sites is 2. The Hall–Kier alpha value is -4.63. The zero-order valence-electron chi connectivity index (χ0n) is 21.8. The molecule has 204 valence electrons. The molecule has 8 nitrogen and oxygen atoms in total. The monoisotopic (exact) mass is 602 g/mol. The molecule has 0 saturated heterocycles. The van der Waals surface area contributed by atoms with Crippen molar-refractivity contribution in [3.05, 3.63) is 113 Å². The molecule has 4 rings (SSSR count). The number of amides is 2. The SMILES string of the molecule is CN(C)C(=O)Oc1ccc(Br)cc1C(=O)NC(Cc1ccc(-c2ccccc2Oc2ccccc2)cc1)C(=O)O. The lowest BCUT2D eigenvalue weighted by atomic mass is 9.99. The van der Waals surface area contributed by atoms with Gasteiger partial charge in [-0.25, -0.2) is 9.59 Å². The molecule has 0 aliphatic heterocycles. The summed E-state index contributed by atoms with van der Waals surface area (Å²) < 4.78 is 11.9. The van der Waals surface area contributed by atoms with Gasteiger partial charge in [-0.1, -0.05) is 76.6 Å². The minimum absolute atomic E-state index is 0.0179. The second-order valence-corrected chi connectivity index (χ2v) is 10.00. The predicted octanol–water partition coefficient (Wildman–Crippen LogP) is 6.39. The molecule has 0 saturated carbocycles. The first-order chi connectivity index (χ1) is 19.2. The molecule has 9 heteroatoms. The number of carbonyl (C=O) groups is 3. The molecule has 4 aromatic rings. The fourth-order valence-electron chi connectivity index (χ4n) is 3.86. The maximum atomic E-state index is 13.1. The summed E-state index contributed by atoms with van der Waals surface area (Å²) >= 11 is 3.30. The van der Waals surface area contributed by atoms with E-state index < -0.39 is 24.0 Å². The van der Waals surface area contributed by atoms with E-state index in [0.29, 0.717) is 15.8 Å². The van der Waals surface area contributed by atoms with Crippen molar-refractivity contribution in [1.82, 2.24) is 10.2 Å². The average molecular weight is 603 g/mol. The van der Waals surface area contributed by atoms with Crippen LogP contribution in [0.5, 0.6) is 17.2 Å². The van der Waals surface area contributed by atoms with Crippen molar-refractivity contribution in [1.29, 1.82) is 0 Å². The van der Waals surface area contributed by atoms with Gasteiger partial charge in [0.1, 0.15) is 23.3 Å². The number of hydrogen-bond donors (Lipinski definition) is 2. The molecule has 0 bridgehead atoms. The third kappa shape index (κ3) is 7.27. The topological polar surface area (TPSA) is 105 Å². The number of aliphatic carboxylic acids is 1. The molecule has 40 heavy (non-hydrogen) atoms. The van der Waals surface area contributed by atoms with E-state index in [1.165, 1.54) is 31.1 Å². The van der Waals surface area contributed by atoms with Crippen molar-refractivity contribution < 1.29 is 29.0 Å². The van der Waals surface area contributed by atoms with Crippen LogP contribution in [0.3, 0.4) is 0 Å². The highest BCUT2D eigenvalue weighted by Crippen LogP contribution is 2.33. The Morgan fingerprint density at radius 3 is 2.23 bits per heavy atom. The van der Waals surface area contributed by atoms with Gasteiger partial charge in [-0.05, 0) is 47.5 Å². The summed E-state index contributed by atoms with van der Waals surface area (Å²) in [7, 11) is 3.03. The van der Waals surface area contributed by atoms with E-state index in [1.807, 2.05) is 78.9 Å². The molecule has 0 aliphatic rings. The molecular weight excluding hydrogens is 576 g/mol. The molecule has 0 heterocycles. The standard InChI is InChI=1S/C31H27BrN2O6/c1-34(2)31(38)40-28-17-16-22(32)19-25(28)29(35)33-26(30(36)37)18-20-12-14-21(15-13-20)24-10-6-7-11-27(24)39-23-8-4-3-5-9-23/h3-17,19,26H,18H2,1-2H3,(H,33,35)(H,36,37). The van der Waals surface area contributed by atoms with E-state index in [0.717, 1.165) is 16.9 Å². The van der Waals surface area contributed by atoms with E-state index in [2.05, 4.69) is 21.2 Å². The Kier molecular flexibility index (Phi) is 9.19. The lowest BCUT2D eigenvalue weighted by Gasteiger charge is -2.18. The Labute approximate surface area is 240 Å². The van der Waals surface area contributed by atoms with Gasteiger partial charge in [0.25, 0.3) is 5.91 Å². The fraction of sp³-hybridized carbons (Fsp3) is 0.129. The lowest BCUT2D eigenvalue weighted by molar-refractivity contribution is -0.139. The lowest BCUT2D eigenvalue weighted by Crippen LogP contribution is -2.42. The van der Waals surface area contributed by atoms with Gasteiger partial charge < -0.3 is 24.8 Å². The summed E-state index contributed by atoms with van der Waals surface area (Å²) in [5, 5.41) is 12.4. The number of hydrogen-bond acceptors (Lipinski definition) is 5. The largest absolute Gasteiger partial charge is 0.480 e. The van der Waals surface area contributed by atoms with Crippen LogP contribution in [0, 0.1) is 0 Å². The van der Waals surface area contributed by atoms with Crippen molar-refractivity contribution in [2.75, 3.05) is 14.1 Å². The number of nitrogens with one attached hydrogen (secondary N) is 1. The number of ether oxygens (including phenoxy) is 2. The van der Waals surface area contributed by atoms with Gasteiger partial charge in [0.15, 0.2) is 0 Å². The number of halogens is 1. The Balaban J connectivity index is 1.50. The minimum Gasteiger partial charge on any atom is -0.480 e. The van der Waals surface area contributed by atoms with Crippen LogP contribution in [0.1, 0.15) is 15.9 Å². The first-order valence-electron chi connectivity index (χ1n) is 12.3. The molecule has 0 aliphatic carbocycles. The predicted molar refractivity (Wildman–Crippen MR) is 155 cm³/mol. The highest BCUT2D eigenvalue weighted by atomic mass is 79.9. The van der Waals surface area contributed by atoms with Crippen LogP contribution in [-0.4, -0.2) is 48.1 Å². The van der Waals surface area contributed by atoms with Crippen LogP contribution in [0.4, 0.5) is 4.79 Å². The minimum atomic E-state index is -1.22. The highest BCUT2D eigenvalue weighted by molar-refractivity contribution is 9.10. The van der Waals surface area contributed by atoms with Gasteiger partial charge in [-0.15, -0.1) is 0 Å². The maximum Gasteiger partial charge on any atom is 0.414 e. The van der Waals surface area contributed by atoms with E-state index in [9.17, 15) is 19.5 Å². The molecule has 2 N–H and O–H groups in total. The van der Waals surface area contributed by atoms with Crippen molar-refractivity contribution in [2.24, 2.45) is 0 Å². The number of carboxylic acids is 1. The van der Waals surface area contributed by atoms with Gasteiger partial charge in [0.05, 0.1) is 5.56 Å². The normalized spacial score (nSPS) is 11.3. The highest BCUT2D eigenvalue weighted by Gasteiger charge is 2.24. The molecular formula is C31H27BrN2O6. The van der Waals surface area contributed by atoms with E-state index >= 15 is 0 Å². The average Bonchev–Trinajstić information content (AvgIpc) is 2.94. The number of carboxylic acid groups (broad SMARTS) is 1. The molecule has 0 aromatic heterocycles. The third-order valence-corrected chi connectivity index (χ3v) is 6.41. The summed E-state index contributed by atoms with van der Waals surface area (Å²) in [6.07, 6.45) is -0.619. The van der Waals surface area contributed by atoms with Crippen molar-refractivity contribution in [3.8, 4) is 28.4 Å². The van der Waals surface area contributed by atoms with Crippen LogP contribution >= 0.6 is 15.9 Å². The van der Waals surface area contributed by atoms with E-state index in [4.69, 9.17) is 9.47 Å². The smallest absolute Gasteiger partial charge is 0.414 e. The molecule has 1 atom stereocenters. The molecule has 4 aromatic carbocycles. The van der Waals surface area contributed by atoms with E-state index in [1.54, 1.807) is 6.07 Å². The molecule has 1 unspecified atom stereocenters. The number of carbonyl (C=O) groups excluding carboxylic acids is 2. The zero-order chi connectivity index (χ0) is 28.6. The molecule has 0 spiro atoms. The summed E-state index contributed by atoms with van der Waals surface area (Å²) in [4.78, 5) is 38.4. The van der Waals surface area contributed by atoms with Crippen LogP contribution in [-0.2, 0) is 11.2 Å². The zero-order valence-corrected chi connectivity index (χ0v) is 23.4. The van der Waals surface area contributed by atoms with Gasteiger partial charge in [0, 0.05) is 30.6 Å². The van der Waals surface area contributed by atoms with Crippen molar-refractivity contribution >= 4 is 33.9 Å².